The van der Waals surface area contributed by atoms with E-state index in [1.165, 1.54) is 0 Å². The molecule has 15 aromatic rings. The highest BCUT2D eigenvalue weighted by molar-refractivity contribution is 6.15. The van der Waals surface area contributed by atoms with E-state index < -0.39 is 23.9 Å². The Morgan fingerprint density at radius 2 is 0.650 bits per heavy atom. The summed E-state index contributed by atoms with van der Waals surface area (Å²) in [5.41, 5.74) is 11.9. The molecule has 0 unspecified atom stereocenters. The fourth-order valence-electron chi connectivity index (χ4n) is 12.5. The van der Waals surface area contributed by atoms with Gasteiger partial charge in [-0.3, -0.25) is 0 Å². The zero-order valence-electron chi connectivity index (χ0n) is 53.4. The molecule has 100 heavy (non-hydrogen) atoms. The maximum Gasteiger partial charge on any atom is 0.338 e. The highest BCUT2D eigenvalue weighted by atomic mass is 16.5. The number of carbonyl (C=O) groups is 4. The number of benzene rings is 12. The summed E-state index contributed by atoms with van der Waals surface area (Å²) in [5, 5.41) is 23.4. The molecule has 0 radical (unpaired) electrons. The molecule has 0 aliphatic rings. The molecule has 0 saturated heterocycles. The first-order valence-corrected chi connectivity index (χ1v) is 32.1. The van der Waals surface area contributed by atoms with Crippen LogP contribution < -0.4 is 0 Å². The first-order chi connectivity index (χ1) is 49.1. The summed E-state index contributed by atoms with van der Waals surface area (Å²) in [6.45, 7) is 0.189. The van der Waals surface area contributed by atoms with Gasteiger partial charge in [-0.05, 0) is 149 Å². The third-order valence-corrected chi connectivity index (χ3v) is 17.4. The first-order valence-electron chi connectivity index (χ1n) is 32.1. The highest BCUT2D eigenvalue weighted by Crippen LogP contribution is 2.42. The van der Waals surface area contributed by atoms with Crippen LogP contribution in [0.3, 0.4) is 0 Å². The molecule has 0 saturated carbocycles. The molecular weight excluding hydrogens is 1250 g/mol. The SMILES string of the molecule is N#Cc1cccc(-c2ccc(-n3c4ccc(C(=O)OCc5ccccc5)cc4c4cc(C(=O)OCc5ccccc5)ccc43)c(-c3nc(-c4ccccc4)nc(-c4ccc(C#N)cc4-n4c5ccc(C(=O)OCc6ccccc6)cc5c5cc(C(=O)OCc6ccccc6)ccc54)n3)c2)c1. The van der Waals surface area contributed by atoms with E-state index in [-0.39, 0.29) is 60.3 Å². The third kappa shape index (κ3) is 12.7. The summed E-state index contributed by atoms with van der Waals surface area (Å²) in [4.78, 5) is 72.4. The quantitative estimate of drug-likeness (QED) is 0.0581. The van der Waals surface area contributed by atoms with Crippen LogP contribution in [0.5, 0.6) is 0 Å². The van der Waals surface area contributed by atoms with Crippen molar-refractivity contribution in [3.05, 3.63) is 341 Å². The van der Waals surface area contributed by atoms with Crippen LogP contribution in [-0.4, -0.2) is 48.0 Å². The lowest BCUT2D eigenvalue weighted by atomic mass is 9.99. The van der Waals surface area contributed by atoms with Gasteiger partial charge < -0.3 is 28.1 Å². The number of ether oxygens (including phenoxy) is 4. The highest BCUT2D eigenvalue weighted by Gasteiger charge is 2.26. The van der Waals surface area contributed by atoms with Crippen molar-refractivity contribution in [2.24, 2.45) is 0 Å². The fraction of sp³-hybridized carbons (Fsp3) is 0.0471. The molecule has 15 heteroatoms. The Balaban J connectivity index is 0.929. The van der Waals surface area contributed by atoms with E-state index in [0.717, 1.165) is 33.4 Å². The van der Waals surface area contributed by atoms with Crippen LogP contribution >= 0.6 is 0 Å². The molecule has 478 valence electrons. The van der Waals surface area contributed by atoms with E-state index >= 15 is 0 Å². The molecule has 12 aromatic carbocycles. The molecule has 0 aliphatic heterocycles. The van der Waals surface area contributed by atoms with E-state index in [1.807, 2.05) is 221 Å². The van der Waals surface area contributed by atoms with Gasteiger partial charge in [0, 0.05) is 38.2 Å². The molecule has 0 bridgehead atoms. The number of rotatable bonds is 18. The molecule has 0 aliphatic carbocycles. The van der Waals surface area contributed by atoms with Crippen molar-refractivity contribution in [3.8, 4) is 68.8 Å². The number of hydrogen-bond donors (Lipinski definition) is 0. The Labute approximate surface area is 573 Å². The minimum atomic E-state index is -0.557. The van der Waals surface area contributed by atoms with Gasteiger partial charge in [0.25, 0.3) is 0 Å². The largest absolute Gasteiger partial charge is 0.457 e. The van der Waals surface area contributed by atoms with Gasteiger partial charge in [0.15, 0.2) is 17.5 Å². The average Bonchev–Trinajstić information content (AvgIpc) is 1.56. The van der Waals surface area contributed by atoms with E-state index in [0.29, 0.717) is 88.6 Å². The number of carbonyl (C=O) groups excluding carboxylic acids is 4. The molecule has 3 heterocycles. The van der Waals surface area contributed by atoms with Gasteiger partial charge >= 0.3 is 23.9 Å². The Morgan fingerprint density at radius 1 is 0.300 bits per heavy atom. The van der Waals surface area contributed by atoms with Crippen molar-refractivity contribution in [3.63, 3.8) is 0 Å². The van der Waals surface area contributed by atoms with Crippen molar-refractivity contribution in [2.75, 3.05) is 0 Å². The van der Waals surface area contributed by atoms with Crippen molar-refractivity contribution in [2.45, 2.75) is 26.4 Å². The van der Waals surface area contributed by atoms with Crippen molar-refractivity contribution >= 4 is 67.5 Å². The van der Waals surface area contributed by atoms with Gasteiger partial charge in [-0.25, -0.2) is 34.1 Å². The van der Waals surface area contributed by atoms with Crippen LogP contribution in [0.2, 0.25) is 0 Å². The van der Waals surface area contributed by atoms with Crippen LogP contribution in [0.15, 0.2) is 285 Å². The average molecular weight is 1300 g/mol. The van der Waals surface area contributed by atoms with Crippen LogP contribution in [0, 0.1) is 22.7 Å². The Hall–Kier alpha value is -13.9. The van der Waals surface area contributed by atoms with Crippen LogP contribution in [0.25, 0.3) is 100 Å². The fourth-order valence-corrected chi connectivity index (χ4v) is 12.5. The Kier molecular flexibility index (Phi) is 17.1. The number of nitriles is 2. The summed E-state index contributed by atoms with van der Waals surface area (Å²) < 4.78 is 27.5. The lowest BCUT2D eigenvalue weighted by Gasteiger charge is -2.18. The molecule has 0 fully saturated rings. The summed E-state index contributed by atoms with van der Waals surface area (Å²) in [5.74, 6) is -1.46. The molecule has 15 rings (SSSR count). The van der Waals surface area contributed by atoms with Crippen molar-refractivity contribution in [1.29, 1.82) is 10.5 Å². The first kappa shape index (κ1) is 62.2. The lowest BCUT2D eigenvalue weighted by molar-refractivity contribution is 0.0464. The second-order valence-electron chi connectivity index (χ2n) is 23.8. The van der Waals surface area contributed by atoms with Gasteiger partial charge in [-0.2, -0.15) is 10.5 Å². The van der Waals surface area contributed by atoms with Crippen LogP contribution in [0.1, 0.15) is 74.8 Å². The predicted octanol–water partition coefficient (Wildman–Crippen LogP) is 17.9. The minimum Gasteiger partial charge on any atom is -0.457 e. The van der Waals surface area contributed by atoms with Gasteiger partial charge in [-0.15, -0.1) is 0 Å². The second-order valence-corrected chi connectivity index (χ2v) is 23.8. The van der Waals surface area contributed by atoms with E-state index in [4.69, 9.17) is 33.9 Å². The van der Waals surface area contributed by atoms with Gasteiger partial charge in [-0.1, -0.05) is 170 Å². The summed E-state index contributed by atoms with van der Waals surface area (Å²) in [7, 11) is 0. The van der Waals surface area contributed by atoms with Crippen molar-refractivity contribution in [1.82, 2.24) is 24.1 Å². The predicted molar refractivity (Wildman–Crippen MR) is 382 cm³/mol. The second kappa shape index (κ2) is 27.4. The summed E-state index contributed by atoms with van der Waals surface area (Å²) in [6.07, 6.45) is 0. The zero-order valence-corrected chi connectivity index (χ0v) is 53.4. The monoisotopic (exact) mass is 1300 g/mol. The summed E-state index contributed by atoms with van der Waals surface area (Å²) in [6, 6.07) is 91.4. The normalized spacial score (nSPS) is 11.1. The van der Waals surface area contributed by atoms with E-state index in [2.05, 4.69) is 12.1 Å². The van der Waals surface area contributed by atoms with Gasteiger partial charge in [0.2, 0.25) is 0 Å². The molecular formula is C85H55N7O8. The number of esters is 4. The van der Waals surface area contributed by atoms with Crippen LogP contribution in [0.4, 0.5) is 0 Å². The molecule has 3 aromatic heterocycles. The Bertz CT molecular complexity index is 5560. The molecule has 0 N–H and O–H groups in total. The Morgan fingerprint density at radius 3 is 1.06 bits per heavy atom. The molecule has 0 atom stereocenters. The zero-order chi connectivity index (χ0) is 68.1. The van der Waals surface area contributed by atoms with Gasteiger partial charge in [0.1, 0.15) is 26.4 Å². The minimum absolute atomic E-state index is 0.0440. The van der Waals surface area contributed by atoms with Gasteiger partial charge in [0.05, 0.1) is 79.0 Å². The standard InChI is InChI=1S/C85H55N7O8/c86-48-58-25-16-28-61(41-58)62-30-36-77(91-73-37-31-63(82(93)97-50-54-17-6-1-7-18-54)44-68(73)69-45-64(32-38-74(69)91)83(94)98-51-55-19-8-2-9-20-55)72(43-62)81-89-79(60-26-14-5-15-27-60)88-80(90-81)67-35-29-59(49-87)42-78(67)92-75-39-33-65(84(95)99-52-56-21-10-3-11-22-56)46-70(75)71-47-66(34-40-76(71)92)85(96)100-53-57-23-12-4-13-24-57/h1-47H,50-53H2. The van der Waals surface area contributed by atoms with E-state index in [1.54, 1.807) is 72.8 Å². The van der Waals surface area contributed by atoms with Crippen molar-refractivity contribution < 1.29 is 38.1 Å². The molecule has 15 nitrogen and oxygen atoms in total. The number of fused-ring (bicyclic) bond motifs is 6. The maximum absolute atomic E-state index is 14.1. The number of hydrogen-bond acceptors (Lipinski definition) is 13. The van der Waals surface area contributed by atoms with E-state index in [9.17, 15) is 29.7 Å². The lowest BCUT2D eigenvalue weighted by Crippen LogP contribution is -2.07. The third-order valence-electron chi connectivity index (χ3n) is 17.4. The topological polar surface area (TPSA) is 201 Å². The smallest absolute Gasteiger partial charge is 0.338 e. The number of nitrogens with zero attached hydrogens (tertiary/aromatic N) is 7. The number of aromatic nitrogens is 5. The maximum atomic E-state index is 14.1. The summed E-state index contributed by atoms with van der Waals surface area (Å²) >= 11 is 0. The molecule has 0 amide bonds. The molecule has 0 spiro atoms. The van der Waals surface area contributed by atoms with Crippen LogP contribution in [-0.2, 0) is 45.4 Å².